The monoisotopic (exact) mass is 362 g/mol. The zero-order valence-corrected chi connectivity index (χ0v) is 14.6. The highest BCUT2D eigenvalue weighted by Gasteiger charge is 2.22. The van der Waals surface area contributed by atoms with Crippen molar-refractivity contribution in [2.45, 2.75) is 38.8 Å². The molecule has 3 N–H and O–H groups in total. The van der Waals surface area contributed by atoms with Crippen molar-refractivity contribution < 1.29 is 14.1 Å². The van der Waals surface area contributed by atoms with E-state index in [1.165, 1.54) is 17.0 Å². The molecule has 1 aliphatic carbocycles. The first-order valence-corrected chi connectivity index (χ1v) is 9.16. The minimum absolute atomic E-state index is 0.0894. The van der Waals surface area contributed by atoms with Crippen molar-refractivity contribution in [1.29, 1.82) is 0 Å². The molecule has 2 heterocycles. The lowest BCUT2D eigenvalue weighted by atomic mass is 10.1. The maximum atomic E-state index is 13.9. The Morgan fingerprint density at radius 1 is 1.36 bits per heavy atom. The van der Waals surface area contributed by atoms with E-state index in [0.717, 1.165) is 41.1 Å². The molecule has 0 fully saturated rings. The number of halogens is 2. The fraction of sp³-hybridized carbons (Fsp3) is 0.333. The molecule has 1 aromatic carbocycles. The zero-order chi connectivity index (χ0) is 17.6. The maximum Gasteiger partial charge on any atom is 0.260 e. The Labute approximate surface area is 146 Å². The molecule has 130 valence electrons. The molecule has 0 amide bonds. The van der Waals surface area contributed by atoms with Crippen LogP contribution in [0.4, 0.5) is 8.78 Å². The number of hydrogen-bond acceptors (Lipinski definition) is 3. The predicted molar refractivity (Wildman–Crippen MR) is 92.7 cm³/mol. The number of benzene rings is 1. The number of aromatic amines is 1. The molecule has 0 bridgehead atoms. The second-order valence-electron chi connectivity index (χ2n) is 6.44. The van der Waals surface area contributed by atoms with E-state index >= 15 is 0 Å². The number of fused-ring (bicyclic) bond motifs is 3. The van der Waals surface area contributed by atoms with Gasteiger partial charge in [0, 0.05) is 16.5 Å². The van der Waals surface area contributed by atoms with Crippen LogP contribution in [-0.2, 0) is 19.4 Å². The molecule has 1 aliphatic rings. The molecule has 0 saturated heterocycles. The molecule has 4 rings (SSSR count). The third kappa shape index (κ3) is 2.98. The second kappa shape index (κ2) is 6.31. The Hall–Kier alpha value is -2.12. The first-order chi connectivity index (χ1) is 12.0. The smallest absolute Gasteiger partial charge is 0.260 e. The van der Waals surface area contributed by atoms with Crippen molar-refractivity contribution in [2.24, 2.45) is 0 Å². The summed E-state index contributed by atoms with van der Waals surface area (Å²) in [6.07, 6.45) is 3.08. The van der Waals surface area contributed by atoms with E-state index in [1.807, 2.05) is 12.2 Å². The summed E-state index contributed by atoms with van der Waals surface area (Å²) in [7, 11) is 0. The van der Waals surface area contributed by atoms with Gasteiger partial charge in [-0.3, -0.25) is 4.79 Å². The lowest BCUT2D eigenvalue weighted by Gasteiger charge is -2.11. The predicted octanol–water partition coefficient (Wildman–Crippen LogP) is 2.58. The Kier molecular flexibility index (Phi) is 4.13. The van der Waals surface area contributed by atoms with E-state index in [1.54, 1.807) is 11.3 Å². The Morgan fingerprint density at radius 3 is 3.00 bits per heavy atom. The third-order valence-corrected chi connectivity index (χ3v) is 5.93. The minimum atomic E-state index is -0.587. The number of nitrogens with zero attached hydrogens (tertiary/aromatic N) is 1. The van der Waals surface area contributed by atoms with Gasteiger partial charge in [-0.05, 0) is 43.9 Å². The summed E-state index contributed by atoms with van der Waals surface area (Å²) in [4.78, 5) is 21.9. The van der Waals surface area contributed by atoms with Gasteiger partial charge in [-0.1, -0.05) is 0 Å². The van der Waals surface area contributed by atoms with Gasteiger partial charge in [0.1, 0.15) is 29.1 Å². The summed E-state index contributed by atoms with van der Waals surface area (Å²) in [6.45, 7) is 2.26. The third-order valence-electron chi connectivity index (χ3n) is 4.74. The number of aryl methyl sites for hydroxylation is 2. The topological polar surface area (TPSA) is 62.4 Å². The average molecular weight is 362 g/mol. The summed E-state index contributed by atoms with van der Waals surface area (Å²) < 4.78 is 26.9. The molecule has 2 aromatic heterocycles. The van der Waals surface area contributed by atoms with E-state index in [2.05, 4.69) is 9.97 Å². The van der Waals surface area contributed by atoms with E-state index in [-0.39, 0.29) is 11.6 Å². The van der Waals surface area contributed by atoms with Crippen LogP contribution in [0.3, 0.4) is 0 Å². The van der Waals surface area contributed by atoms with Gasteiger partial charge in [0.2, 0.25) is 0 Å². The summed E-state index contributed by atoms with van der Waals surface area (Å²) in [5.74, 6) is -0.572. The molecule has 0 saturated carbocycles. The van der Waals surface area contributed by atoms with Gasteiger partial charge in [0.15, 0.2) is 5.82 Å². The first-order valence-electron chi connectivity index (χ1n) is 8.34. The number of thiophene rings is 1. The summed E-state index contributed by atoms with van der Waals surface area (Å²) in [5, 5.41) is 2.61. The van der Waals surface area contributed by atoms with Crippen LogP contribution in [0.5, 0.6) is 0 Å². The van der Waals surface area contributed by atoms with Crippen molar-refractivity contribution in [2.75, 3.05) is 0 Å². The molecular weight excluding hydrogens is 344 g/mol. The number of rotatable bonds is 4. The fourth-order valence-corrected chi connectivity index (χ4v) is 4.71. The largest absolute Gasteiger partial charge is 0.334 e. The van der Waals surface area contributed by atoms with Crippen LogP contribution in [0.1, 0.15) is 41.2 Å². The molecule has 0 spiro atoms. The lowest BCUT2D eigenvalue weighted by Crippen LogP contribution is -2.83. The van der Waals surface area contributed by atoms with Gasteiger partial charge in [0.25, 0.3) is 5.56 Å². The molecule has 25 heavy (non-hydrogen) atoms. The van der Waals surface area contributed by atoms with E-state index < -0.39 is 11.6 Å². The van der Waals surface area contributed by atoms with Crippen LogP contribution >= 0.6 is 11.3 Å². The van der Waals surface area contributed by atoms with Crippen LogP contribution in [0, 0.1) is 11.6 Å². The van der Waals surface area contributed by atoms with Crippen LogP contribution in [0.2, 0.25) is 0 Å². The highest BCUT2D eigenvalue weighted by molar-refractivity contribution is 7.18. The van der Waals surface area contributed by atoms with Crippen molar-refractivity contribution in [3.63, 3.8) is 0 Å². The van der Waals surface area contributed by atoms with Gasteiger partial charge < -0.3 is 10.3 Å². The van der Waals surface area contributed by atoms with Gasteiger partial charge in [-0.15, -0.1) is 11.3 Å². The fourth-order valence-electron chi connectivity index (χ4n) is 3.43. The summed E-state index contributed by atoms with van der Waals surface area (Å²) >= 11 is 1.60. The number of aromatic nitrogens is 2. The zero-order valence-electron chi connectivity index (χ0n) is 13.7. The molecule has 7 heteroatoms. The summed E-state index contributed by atoms with van der Waals surface area (Å²) in [6, 6.07) is 3.38. The normalized spacial score (nSPS) is 14.8. The lowest BCUT2D eigenvalue weighted by molar-refractivity contribution is -0.709. The minimum Gasteiger partial charge on any atom is -0.334 e. The number of nitrogens with one attached hydrogen (secondary N) is 1. The molecule has 1 atom stereocenters. The maximum absolute atomic E-state index is 13.9. The Bertz CT molecular complexity index is 1010. The van der Waals surface area contributed by atoms with E-state index in [0.29, 0.717) is 17.9 Å². The van der Waals surface area contributed by atoms with Crippen LogP contribution in [0.15, 0.2) is 23.0 Å². The van der Waals surface area contributed by atoms with Crippen LogP contribution < -0.4 is 10.9 Å². The SMILES string of the molecule is C[C@@H]([NH2+]Cc1nc2sc3c(c2c(=O)[nH]1)CCC3)c1ccc(F)cc1F. The standard InChI is InChI=1S/C18H17F2N3OS/c1-9(11-6-5-10(19)7-13(11)20)21-8-15-22-17(24)16-12-3-2-4-14(12)25-18(16)23-15/h5-7,9,21H,2-4,8H2,1H3,(H,22,23,24)/p+1/t9-/m1/s1. The van der Waals surface area contributed by atoms with Gasteiger partial charge in [-0.25, -0.2) is 13.8 Å². The van der Waals surface area contributed by atoms with Gasteiger partial charge >= 0.3 is 0 Å². The van der Waals surface area contributed by atoms with Crippen LogP contribution in [-0.4, -0.2) is 9.97 Å². The molecule has 0 aliphatic heterocycles. The molecular formula is C18H18F2N3OS+. The average Bonchev–Trinajstić information content (AvgIpc) is 3.13. The molecule has 0 radical (unpaired) electrons. The van der Waals surface area contributed by atoms with Crippen molar-refractivity contribution in [3.8, 4) is 0 Å². The van der Waals surface area contributed by atoms with Crippen molar-refractivity contribution in [3.05, 3.63) is 62.0 Å². The van der Waals surface area contributed by atoms with Gasteiger partial charge in [-0.2, -0.15) is 0 Å². The Morgan fingerprint density at radius 2 is 2.20 bits per heavy atom. The van der Waals surface area contributed by atoms with Crippen molar-refractivity contribution in [1.82, 2.24) is 9.97 Å². The van der Waals surface area contributed by atoms with E-state index in [4.69, 9.17) is 0 Å². The number of hydrogen-bond donors (Lipinski definition) is 2. The highest BCUT2D eigenvalue weighted by Crippen LogP contribution is 2.34. The number of H-pyrrole nitrogens is 1. The molecule has 0 unspecified atom stereocenters. The first kappa shape index (κ1) is 16.4. The number of nitrogens with two attached hydrogens (primary N) is 1. The second-order valence-corrected chi connectivity index (χ2v) is 7.53. The van der Waals surface area contributed by atoms with E-state index in [9.17, 15) is 13.6 Å². The molecule has 4 nitrogen and oxygen atoms in total. The summed E-state index contributed by atoms with van der Waals surface area (Å²) in [5.41, 5.74) is 1.50. The number of quaternary nitrogens is 1. The quantitative estimate of drug-likeness (QED) is 0.749. The highest BCUT2D eigenvalue weighted by atomic mass is 32.1. The van der Waals surface area contributed by atoms with Crippen molar-refractivity contribution >= 4 is 21.6 Å². The van der Waals surface area contributed by atoms with Crippen LogP contribution in [0.25, 0.3) is 10.2 Å². The van der Waals surface area contributed by atoms with Gasteiger partial charge in [0.05, 0.1) is 5.39 Å². The Balaban J connectivity index is 1.56. The molecule has 3 aromatic rings.